The van der Waals surface area contributed by atoms with E-state index in [1.807, 2.05) is 119 Å². The van der Waals surface area contributed by atoms with Gasteiger partial charge >= 0.3 is 0 Å². The Hall–Kier alpha value is -7.92. The van der Waals surface area contributed by atoms with Crippen LogP contribution in [-0.4, -0.2) is 58.3 Å². The monoisotopic (exact) mass is 820 g/mol. The van der Waals surface area contributed by atoms with Gasteiger partial charge in [-0.25, -0.2) is 0 Å². The second-order valence-corrected chi connectivity index (χ2v) is 14.6. The number of carbonyl (C=O) groups excluding carboxylic acids is 1. The normalized spacial score (nSPS) is 15.7. The number of aliphatic hydroxyl groups is 3. The summed E-state index contributed by atoms with van der Waals surface area (Å²) in [6.45, 7) is 0.0905. The zero-order valence-corrected chi connectivity index (χ0v) is 33.3. The van der Waals surface area contributed by atoms with Crippen molar-refractivity contribution in [3.63, 3.8) is 0 Å². The topological polar surface area (TPSA) is 146 Å². The van der Waals surface area contributed by atoms with Gasteiger partial charge in [0.1, 0.15) is 36.2 Å². The third-order valence-corrected chi connectivity index (χ3v) is 10.9. The molecule has 4 N–H and O–H groups in total. The van der Waals surface area contributed by atoms with Crippen LogP contribution >= 0.6 is 0 Å². The molecule has 0 aliphatic heterocycles. The molecule has 0 radical (unpaired) electrons. The summed E-state index contributed by atoms with van der Waals surface area (Å²) in [5, 5.41) is 59.4. The minimum absolute atomic E-state index is 0.0859. The molecule has 0 aromatic heterocycles. The van der Waals surface area contributed by atoms with E-state index in [1.54, 1.807) is 48.6 Å². The van der Waals surface area contributed by atoms with Crippen LogP contribution in [0.15, 0.2) is 193 Å². The van der Waals surface area contributed by atoms with Crippen molar-refractivity contribution in [1.82, 2.24) is 4.58 Å². The van der Waals surface area contributed by atoms with Gasteiger partial charge in [0.25, 0.3) is 0 Å². The molecule has 306 valence electrons. The number of aromatic hydroxyl groups is 1. The smallest absolute Gasteiger partial charge is 0.219 e. The number of allylic oxidation sites excluding steroid dienone is 5. The van der Waals surface area contributed by atoms with Crippen LogP contribution in [0.3, 0.4) is 0 Å². The zero-order valence-electron chi connectivity index (χ0n) is 33.3. The van der Waals surface area contributed by atoms with Crippen molar-refractivity contribution in [1.29, 1.82) is 0 Å². The van der Waals surface area contributed by atoms with Crippen molar-refractivity contribution < 1.29 is 39.8 Å². The molecule has 0 bridgehead atoms. The minimum atomic E-state index is -0.588. The second-order valence-electron chi connectivity index (χ2n) is 14.6. The highest BCUT2D eigenvalue weighted by Gasteiger charge is 2.35. The van der Waals surface area contributed by atoms with Crippen LogP contribution in [0.4, 0.5) is 28.4 Å². The van der Waals surface area contributed by atoms with Gasteiger partial charge in [0.2, 0.25) is 17.1 Å². The van der Waals surface area contributed by atoms with Crippen LogP contribution < -0.4 is 24.1 Å². The van der Waals surface area contributed by atoms with Crippen LogP contribution in [-0.2, 0) is 4.79 Å². The predicted molar refractivity (Wildman–Crippen MR) is 241 cm³/mol. The van der Waals surface area contributed by atoms with E-state index < -0.39 is 11.5 Å². The first-order valence-corrected chi connectivity index (χ1v) is 20.1. The Morgan fingerprint density at radius 1 is 0.613 bits per heavy atom. The average molecular weight is 821 g/mol. The fourth-order valence-electron chi connectivity index (χ4n) is 7.99. The molecule has 2 aliphatic carbocycles. The number of fused-ring (bicyclic) bond motifs is 2. The Bertz CT molecular complexity index is 3020. The number of benzene rings is 7. The average Bonchev–Trinajstić information content (AvgIpc) is 3.30. The number of ether oxygens (including phenoxy) is 2. The number of carbonyl (C=O) groups is 1. The number of hydrogen-bond acceptors (Lipinski definition) is 9. The highest BCUT2D eigenvalue weighted by atomic mass is 16.5. The number of ketones is 1. The second kappa shape index (κ2) is 17.0. The number of rotatable bonds is 12. The van der Waals surface area contributed by atoms with Crippen molar-refractivity contribution >= 4 is 67.0 Å². The van der Waals surface area contributed by atoms with Gasteiger partial charge < -0.3 is 39.9 Å². The Balaban J connectivity index is 1.08. The van der Waals surface area contributed by atoms with Crippen LogP contribution in [0.2, 0.25) is 0 Å². The molecule has 10 nitrogen and oxygen atoms in total. The molecule has 0 fully saturated rings. The molecule has 0 spiro atoms. The van der Waals surface area contributed by atoms with Gasteiger partial charge in [-0.05, 0) is 77.5 Å². The summed E-state index contributed by atoms with van der Waals surface area (Å²) in [6, 6.07) is 47.3. The molecule has 9 rings (SSSR count). The Morgan fingerprint density at radius 2 is 1.21 bits per heavy atom. The molecule has 0 saturated carbocycles. The van der Waals surface area contributed by atoms with Crippen LogP contribution in [0.5, 0.6) is 17.2 Å². The number of aliphatic hydroxyl groups excluding tert-OH is 3. The molecule has 62 heavy (non-hydrogen) atoms. The Morgan fingerprint density at radius 3 is 1.85 bits per heavy atom. The van der Waals surface area contributed by atoms with Crippen LogP contribution in [0.25, 0.3) is 27.1 Å². The first kappa shape index (κ1) is 39.5. The maximum atomic E-state index is 13.9. The number of hydrogen-bond donors (Lipinski definition) is 4. The summed E-state index contributed by atoms with van der Waals surface area (Å²) in [5.41, 5.74) is 4.16. The van der Waals surface area contributed by atoms with E-state index in [4.69, 9.17) is 9.47 Å². The molecule has 0 heterocycles. The molecule has 0 amide bonds. The van der Waals surface area contributed by atoms with Crippen molar-refractivity contribution in [2.24, 2.45) is 0 Å². The van der Waals surface area contributed by atoms with E-state index >= 15 is 0 Å². The molecular weight excluding hydrogens is 781 g/mol. The zero-order chi connectivity index (χ0) is 42.7. The standard InChI is InChI=1S/C52H40N2O8/c55-27-29-61-39-21-15-35(16-22-39)53(45-13-5-9-33-7-1-3-11-41(33)45)37-19-25-43(47(57)31-37)49-51(59)50(52(49)60)44-26-20-38(32-48(44)58)54(36-17-23-40(24-18-36)62-30-28-56)46-14-6-10-34-8-2-4-12-42(34)46/h1-26,31-32,55-56H,27-30H2,(H2,57,58,59,60). The van der Waals surface area contributed by atoms with E-state index in [9.17, 15) is 30.3 Å². The summed E-state index contributed by atoms with van der Waals surface area (Å²) in [5.74, 6) is -0.523. The number of Topliss-reactive ketones (excluding diaryl/α,β-unsaturated/α-hetero) is 1. The van der Waals surface area contributed by atoms with Crippen molar-refractivity contribution in [2.45, 2.75) is 0 Å². The highest BCUT2D eigenvalue weighted by Crippen LogP contribution is 2.45. The predicted octanol–water partition coefficient (Wildman–Crippen LogP) is 8.85. The molecule has 0 atom stereocenters. The highest BCUT2D eigenvalue weighted by molar-refractivity contribution is 6.40. The lowest BCUT2D eigenvalue weighted by Gasteiger charge is -2.33. The molecule has 2 aliphatic rings. The molecule has 0 saturated heterocycles. The summed E-state index contributed by atoms with van der Waals surface area (Å²) in [4.78, 5) is 15.9. The number of anilines is 3. The van der Waals surface area contributed by atoms with Crippen LogP contribution in [0, 0.1) is 0 Å². The molecular formula is C52H40N2O8. The lowest BCUT2D eigenvalue weighted by Crippen LogP contribution is -2.31. The van der Waals surface area contributed by atoms with Gasteiger partial charge in [0.15, 0.2) is 5.78 Å². The lowest BCUT2D eigenvalue weighted by atomic mass is 9.79. The fourth-order valence-corrected chi connectivity index (χ4v) is 7.99. The van der Waals surface area contributed by atoms with E-state index in [2.05, 4.69) is 0 Å². The first-order chi connectivity index (χ1) is 30.3. The summed E-state index contributed by atoms with van der Waals surface area (Å²) >= 11 is 0. The largest absolute Gasteiger partial charge is 0.871 e. The van der Waals surface area contributed by atoms with E-state index in [-0.39, 0.29) is 60.2 Å². The number of nitrogens with zero attached hydrogens (tertiary/aromatic N) is 2. The van der Waals surface area contributed by atoms with Gasteiger partial charge in [0, 0.05) is 69.4 Å². The van der Waals surface area contributed by atoms with Gasteiger partial charge in [-0.3, -0.25) is 4.79 Å². The van der Waals surface area contributed by atoms with Crippen molar-refractivity contribution in [3.8, 4) is 17.2 Å². The SMILES string of the molecule is O=C1C(c2ccc(N(c3ccc(OCCO)cc3)c3cccc4ccccc34)cc2O)=C([O-])/C1=C1/C=CC(=[N+](c2ccc(OCCO)cc2)c2cccc3ccccc23)C=C1O. The molecule has 10 heteroatoms. The van der Waals surface area contributed by atoms with Crippen molar-refractivity contribution in [2.75, 3.05) is 31.3 Å². The van der Waals surface area contributed by atoms with Crippen LogP contribution in [0.1, 0.15) is 5.56 Å². The Kier molecular flexibility index (Phi) is 10.8. The third-order valence-electron chi connectivity index (χ3n) is 10.9. The van der Waals surface area contributed by atoms with Gasteiger partial charge in [0.05, 0.1) is 30.4 Å². The summed E-state index contributed by atoms with van der Waals surface area (Å²) < 4.78 is 13.2. The minimum Gasteiger partial charge on any atom is -0.871 e. The van der Waals surface area contributed by atoms with Gasteiger partial charge in [-0.1, -0.05) is 72.5 Å². The van der Waals surface area contributed by atoms with Gasteiger partial charge in [-0.15, -0.1) is 0 Å². The fraction of sp³-hybridized carbons (Fsp3) is 0.0769. The molecule has 0 unspecified atom stereocenters. The molecule has 7 aromatic carbocycles. The van der Waals surface area contributed by atoms with E-state index in [0.717, 1.165) is 44.3 Å². The van der Waals surface area contributed by atoms with E-state index in [0.29, 0.717) is 22.9 Å². The third kappa shape index (κ3) is 7.34. The number of phenols is 1. The lowest BCUT2D eigenvalue weighted by molar-refractivity contribution is -0.297. The maximum Gasteiger partial charge on any atom is 0.219 e. The first-order valence-electron chi connectivity index (χ1n) is 20.1. The summed E-state index contributed by atoms with van der Waals surface area (Å²) in [6.07, 6.45) is 4.84. The number of phenolic OH excluding ortho intramolecular Hbond substituents is 1. The van der Waals surface area contributed by atoms with Crippen molar-refractivity contribution in [3.05, 3.63) is 198 Å². The quantitative estimate of drug-likeness (QED) is 0.0702. The molecule has 7 aromatic rings. The maximum absolute atomic E-state index is 13.9. The van der Waals surface area contributed by atoms with E-state index in [1.165, 1.54) is 12.1 Å². The summed E-state index contributed by atoms with van der Waals surface area (Å²) in [7, 11) is 0. The van der Waals surface area contributed by atoms with Gasteiger partial charge in [-0.2, -0.15) is 4.58 Å². The Labute approximate surface area is 357 Å².